The van der Waals surface area contributed by atoms with Gasteiger partial charge in [-0.05, 0) is 49.6 Å². The van der Waals surface area contributed by atoms with Gasteiger partial charge in [-0.15, -0.1) is 0 Å². The fourth-order valence-corrected chi connectivity index (χ4v) is 3.67. The van der Waals surface area contributed by atoms with Gasteiger partial charge in [0.25, 0.3) is 0 Å². The van der Waals surface area contributed by atoms with E-state index in [4.69, 9.17) is 4.74 Å². The number of aryl methyl sites for hydroxylation is 1. The van der Waals surface area contributed by atoms with Crippen LogP contribution in [0.5, 0.6) is 5.75 Å². The first-order valence-electron chi connectivity index (χ1n) is 7.06. The number of benzene rings is 1. The second-order valence-corrected chi connectivity index (χ2v) is 6.70. The first-order chi connectivity index (χ1) is 10.2. The van der Waals surface area contributed by atoms with Crippen molar-refractivity contribution in [3.63, 3.8) is 0 Å². The van der Waals surface area contributed by atoms with E-state index < -0.39 is 0 Å². The number of thioether (sulfide) groups is 1. The maximum absolute atomic E-state index is 5.61. The summed E-state index contributed by atoms with van der Waals surface area (Å²) in [5, 5.41) is 3.35. The molecule has 2 rings (SSSR count). The Morgan fingerprint density at radius 1 is 1.33 bits per heavy atom. The minimum atomic E-state index is 0.291. The molecule has 1 aromatic heterocycles. The summed E-state index contributed by atoms with van der Waals surface area (Å²) >= 11 is 3.20. The molecule has 0 radical (unpaired) electrons. The van der Waals surface area contributed by atoms with Gasteiger partial charge in [0.15, 0.2) is 4.34 Å². The Labute approximate surface area is 134 Å². The highest BCUT2D eigenvalue weighted by molar-refractivity contribution is 8.00. The summed E-state index contributed by atoms with van der Waals surface area (Å²) in [5.41, 5.74) is 1.26. The van der Waals surface area contributed by atoms with Gasteiger partial charge in [-0.25, -0.2) is 4.98 Å². The highest BCUT2D eigenvalue weighted by atomic mass is 32.2. The Morgan fingerprint density at radius 3 is 2.67 bits per heavy atom. The molecule has 1 N–H and O–H groups in total. The number of nitrogens with one attached hydrogen (secondary N) is 1. The van der Waals surface area contributed by atoms with E-state index in [0.717, 1.165) is 34.7 Å². The van der Waals surface area contributed by atoms with Crippen LogP contribution in [0.3, 0.4) is 0 Å². The Balaban J connectivity index is 1.93. The van der Waals surface area contributed by atoms with Gasteiger partial charge in [-0.1, -0.05) is 30.8 Å². The molecule has 1 aromatic carbocycles. The maximum Gasteiger partial charge on any atom is 0.170 e. The number of hydrogen-bond acceptors (Lipinski definition) is 6. The van der Waals surface area contributed by atoms with Gasteiger partial charge >= 0.3 is 0 Å². The van der Waals surface area contributed by atoms with Gasteiger partial charge in [-0.2, -0.15) is 4.37 Å². The summed E-state index contributed by atoms with van der Waals surface area (Å²) in [6, 6.07) is 8.61. The van der Waals surface area contributed by atoms with Crippen molar-refractivity contribution in [1.29, 1.82) is 0 Å². The minimum Gasteiger partial charge on any atom is -0.494 e. The molecule has 6 heteroatoms. The maximum atomic E-state index is 5.61. The molecule has 1 unspecified atom stereocenters. The lowest BCUT2D eigenvalue weighted by Gasteiger charge is -2.16. The SMILES string of the molecule is CCCOc1ccc(C(CSc2nc(C)ns2)NC)cc1. The predicted molar refractivity (Wildman–Crippen MR) is 89.4 cm³/mol. The molecular formula is C15H21N3OS2. The van der Waals surface area contributed by atoms with Crippen molar-refractivity contribution in [2.75, 3.05) is 19.4 Å². The van der Waals surface area contributed by atoms with E-state index in [1.807, 2.05) is 26.1 Å². The standard InChI is InChI=1S/C15H21N3OS2/c1-4-9-19-13-7-5-12(6-8-13)14(16-3)10-20-15-17-11(2)18-21-15/h5-8,14,16H,4,9-10H2,1-3H3. The van der Waals surface area contributed by atoms with E-state index in [0.29, 0.717) is 6.04 Å². The third-order valence-corrected chi connectivity index (χ3v) is 5.00. The highest BCUT2D eigenvalue weighted by Crippen LogP contribution is 2.26. The van der Waals surface area contributed by atoms with Crippen LogP contribution in [0.25, 0.3) is 0 Å². The van der Waals surface area contributed by atoms with Gasteiger partial charge < -0.3 is 10.1 Å². The Morgan fingerprint density at radius 2 is 2.10 bits per heavy atom. The fraction of sp³-hybridized carbons (Fsp3) is 0.467. The van der Waals surface area contributed by atoms with Crippen molar-refractivity contribution in [3.8, 4) is 5.75 Å². The molecule has 2 aromatic rings. The molecule has 0 spiro atoms. The van der Waals surface area contributed by atoms with Crippen LogP contribution in [0.4, 0.5) is 0 Å². The lowest BCUT2D eigenvalue weighted by molar-refractivity contribution is 0.317. The van der Waals surface area contributed by atoms with Crippen molar-refractivity contribution < 1.29 is 4.74 Å². The molecular weight excluding hydrogens is 302 g/mol. The number of aromatic nitrogens is 2. The third kappa shape index (κ3) is 4.98. The van der Waals surface area contributed by atoms with Crippen molar-refractivity contribution in [3.05, 3.63) is 35.7 Å². The Bertz CT molecular complexity index is 542. The quantitative estimate of drug-likeness (QED) is 0.751. The van der Waals surface area contributed by atoms with E-state index in [-0.39, 0.29) is 0 Å². The van der Waals surface area contributed by atoms with Crippen LogP contribution in [-0.2, 0) is 0 Å². The summed E-state index contributed by atoms with van der Waals surface area (Å²) in [7, 11) is 1.98. The predicted octanol–water partition coefficient (Wildman–Crippen LogP) is 3.69. The number of ether oxygens (including phenoxy) is 1. The molecule has 0 fully saturated rings. The smallest absolute Gasteiger partial charge is 0.170 e. The fourth-order valence-electron chi connectivity index (χ4n) is 1.85. The van der Waals surface area contributed by atoms with Crippen LogP contribution in [0.15, 0.2) is 28.6 Å². The zero-order valence-electron chi connectivity index (χ0n) is 12.6. The summed E-state index contributed by atoms with van der Waals surface area (Å²) in [5.74, 6) is 2.71. The van der Waals surface area contributed by atoms with Crippen LogP contribution < -0.4 is 10.1 Å². The Hall–Kier alpha value is -1.11. The van der Waals surface area contributed by atoms with Gasteiger partial charge in [0.05, 0.1) is 6.61 Å². The number of hydrogen-bond donors (Lipinski definition) is 1. The van der Waals surface area contributed by atoms with Crippen molar-refractivity contribution in [2.45, 2.75) is 30.6 Å². The van der Waals surface area contributed by atoms with Crippen LogP contribution >= 0.6 is 23.3 Å². The molecule has 0 bridgehead atoms. The molecule has 21 heavy (non-hydrogen) atoms. The van der Waals surface area contributed by atoms with Crippen molar-refractivity contribution in [1.82, 2.24) is 14.7 Å². The Kier molecular flexibility index (Phi) is 6.48. The molecule has 0 saturated carbocycles. The van der Waals surface area contributed by atoms with Gasteiger partial charge in [0.2, 0.25) is 0 Å². The first kappa shape index (κ1) is 16.3. The molecule has 114 valence electrons. The second-order valence-electron chi connectivity index (χ2n) is 4.68. The van der Waals surface area contributed by atoms with Gasteiger partial charge in [0.1, 0.15) is 11.6 Å². The van der Waals surface area contributed by atoms with E-state index in [2.05, 4.69) is 33.7 Å². The lowest BCUT2D eigenvalue weighted by atomic mass is 10.1. The second kappa shape index (κ2) is 8.36. The topological polar surface area (TPSA) is 47.0 Å². The highest BCUT2D eigenvalue weighted by Gasteiger charge is 2.11. The van der Waals surface area contributed by atoms with Crippen molar-refractivity contribution >= 4 is 23.3 Å². The average molecular weight is 323 g/mol. The molecule has 4 nitrogen and oxygen atoms in total. The van der Waals surface area contributed by atoms with E-state index in [1.165, 1.54) is 17.1 Å². The van der Waals surface area contributed by atoms with E-state index in [9.17, 15) is 0 Å². The molecule has 0 amide bonds. The third-order valence-electron chi connectivity index (χ3n) is 2.99. The van der Waals surface area contributed by atoms with Crippen LogP contribution in [0.1, 0.15) is 30.8 Å². The van der Waals surface area contributed by atoms with Crippen LogP contribution in [-0.4, -0.2) is 28.8 Å². The summed E-state index contributed by atoms with van der Waals surface area (Å²) in [6.07, 6.45) is 1.03. The van der Waals surface area contributed by atoms with E-state index in [1.54, 1.807) is 11.8 Å². The normalized spacial score (nSPS) is 12.3. The largest absolute Gasteiger partial charge is 0.494 e. The monoisotopic (exact) mass is 323 g/mol. The van der Waals surface area contributed by atoms with Crippen LogP contribution in [0.2, 0.25) is 0 Å². The summed E-state index contributed by atoms with van der Waals surface area (Å²) in [4.78, 5) is 4.38. The van der Waals surface area contributed by atoms with Crippen molar-refractivity contribution in [2.24, 2.45) is 0 Å². The first-order valence-corrected chi connectivity index (χ1v) is 8.82. The minimum absolute atomic E-state index is 0.291. The lowest BCUT2D eigenvalue weighted by Crippen LogP contribution is -2.18. The van der Waals surface area contributed by atoms with E-state index >= 15 is 0 Å². The zero-order valence-corrected chi connectivity index (χ0v) is 14.3. The van der Waals surface area contributed by atoms with Gasteiger partial charge in [0, 0.05) is 11.8 Å². The molecule has 0 aliphatic rings. The molecule has 0 aliphatic heterocycles. The number of nitrogens with zero attached hydrogens (tertiary/aromatic N) is 2. The molecule has 1 atom stereocenters. The summed E-state index contributed by atoms with van der Waals surface area (Å²) < 4.78 is 10.8. The average Bonchev–Trinajstić information content (AvgIpc) is 2.92. The van der Waals surface area contributed by atoms with Gasteiger partial charge in [-0.3, -0.25) is 0 Å². The number of rotatable bonds is 8. The molecule has 0 aliphatic carbocycles. The zero-order chi connectivity index (χ0) is 15.1. The summed E-state index contributed by atoms with van der Waals surface area (Å²) in [6.45, 7) is 4.80. The van der Waals surface area contributed by atoms with Crippen LogP contribution in [0, 0.1) is 6.92 Å². The molecule has 1 heterocycles. The molecule has 0 saturated heterocycles.